The molecule has 0 bridgehead atoms. The lowest BCUT2D eigenvalue weighted by molar-refractivity contribution is -0.0819. The topological polar surface area (TPSA) is 24.5 Å². The van der Waals surface area contributed by atoms with Gasteiger partial charge in [-0.15, -0.1) is 0 Å². The zero-order valence-electron chi connectivity index (χ0n) is 14.3. The standard InChI is InChI=1S/C18H34N2O/c1-15(2)16-13-19-18(7-5-4-6-8-18)14-20(16)17(3)9-11-21-12-10-17/h15-16,19H,4-14H2,1-3H3. The second kappa shape index (κ2) is 6.17. The van der Waals surface area contributed by atoms with Gasteiger partial charge in [0.25, 0.3) is 0 Å². The van der Waals surface area contributed by atoms with Gasteiger partial charge in [0.2, 0.25) is 0 Å². The van der Waals surface area contributed by atoms with Crippen LogP contribution in [0.15, 0.2) is 0 Å². The van der Waals surface area contributed by atoms with Gasteiger partial charge in [0, 0.05) is 43.4 Å². The Kier molecular flexibility index (Phi) is 4.63. The second-order valence-electron chi connectivity index (χ2n) is 8.27. The number of hydrogen-bond acceptors (Lipinski definition) is 3. The lowest BCUT2D eigenvalue weighted by Gasteiger charge is -2.57. The first-order valence-electron chi connectivity index (χ1n) is 9.14. The molecule has 1 spiro atoms. The van der Waals surface area contributed by atoms with Crippen LogP contribution in [0.2, 0.25) is 0 Å². The Morgan fingerprint density at radius 2 is 1.71 bits per heavy atom. The van der Waals surface area contributed by atoms with Crippen LogP contribution in [0.4, 0.5) is 0 Å². The molecule has 21 heavy (non-hydrogen) atoms. The minimum Gasteiger partial charge on any atom is -0.381 e. The van der Waals surface area contributed by atoms with E-state index in [1.807, 2.05) is 0 Å². The van der Waals surface area contributed by atoms with Gasteiger partial charge in [0.05, 0.1) is 0 Å². The van der Waals surface area contributed by atoms with E-state index in [0.717, 1.165) is 19.1 Å². The van der Waals surface area contributed by atoms with Crippen LogP contribution in [0.25, 0.3) is 0 Å². The van der Waals surface area contributed by atoms with Gasteiger partial charge in [0.15, 0.2) is 0 Å². The van der Waals surface area contributed by atoms with Crippen molar-refractivity contribution in [2.45, 2.75) is 82.8 Å². The fourth-order valence-electron chi connectivity index (χ4n) is 4.78. The lowest BCUT2D eigenvalue weighted by Crippen LogP contribution is -2.71. The molecular formula is C18H34N2O. The average molecular weight is 294 g/mol. The summed E-state index contributed by atoms with van der Waals surface area (Å²) >= 11 is 0. The van der Waals surface area contributed by atoms with Gasteiger partial charge in [-0.25, -0.2) is 0 Å². The van der Waals surface area contributed by atoms with Crippen LogP contribution in [0.1, 0.15) is 65.7 Å². The number of nitrogens with one attached hydrogen (secondary N) is 1. The highest BCUT2D eigenvalue weighted by molar-refractivity contribution is 5.05. The summed E-state index contributed by atoms with van der Waals surface area (Å²) in [5.41, 5.74) is 0.755. The molecule has 3 nitrogen and oxygen atoms in total. The fourth-order valence-corrected chi connectivity index (χ4v) is 4.78. The van der Waals surface area contributed by atoms with Gasteiger partial charge < -0.3 is 10.1 Å². The molecule has 0 aromatic carbocycles. The third kappa shape index (κ3) is 3.16. The maximum absolute atomic E-state index is 5.65. The Balaban J connectivity index is 1.80. The van der Waals surface area contributed by atoms with Crippen LogP contribution in [-0.2, 0) is 4.74 Å². The van der Waals surface area contributed by atoms with Crippen molar-refractivity contribution in [3.8, 4) is 0 Å². The highest BCUT2D eigenvalue weighted by Crippen LogP contribution is 2.39. The molecule has 122 valence electrons. The Morgan fingerprint density at radius 1 is 1.05 bits per heavy atom. The summed E-state index contributed by atoms with van der Waals surface area (Å²) in [5.74, 6) is 0.720. The summed E-state index contributed by atoms with van der Waals surface area (Å²) in [5, 5.41) is 3.98. The van der Waals surface area contributed by atoms with Gasteiger partial charge in [-0.2, -0.15) is 0 Å². The molecule has 1 unspecified atom stereocenters. The molecule has 3 rings (SSSR count). The van der Waals surface area contributed by atoms with Crippen LogP contribution in [0.3, 0.4) is 0 Å². The minimum atomic E-state index is 0.347. The van der Waals surface area contributed by atoms with Gasteiger partial charge in [-0.1, -0.05) is 33.1 Å². The summed E-state index contributed by atoms with van der Waals surface area (Å²) < 4.78 is 5.65. The van der Waals surface area contributed by atoms with E-state index >= 15 is 0 Å². The number of nitrogens with zero attached hydrogens (tertiary/aromatic N) is 1. The van der Waals surface area contributed by atoms with Gasteiger partial charge in [-0.3, -0.25) is 4.90 Å². The normalized spacial score (nSPS) is 33.4. The van der Waals surface area contributed by atoms with Crippen LogP contribution in [0.5, 0.6) is 0 Å². The summed E-state index contributed by atoms with van der Waals surface area (Å²) in [6.07, 6.45) is 9.41. The second-order valence-corrected chi connectivity index (χ2v) is 8.27. The molecule has 2 aliphatic heterocycles. The SMILES string of the molecule is CC(C)C1CNC2(CCCCC2)CN1C1(C)CCOCC1. The molecule has 3 aliphatic rings. The summed E-state index contributed by atoms with van der Waals surface area (Å²) in [6, 6.07) is 0.681. The van der Waals surface area contributed by atoms with E-state index in [2.05, 4.69) is 31.0 Å². The van der Waals surface area contributed by atoms with Crippen molar-refractivity contribution < 1.29 is 4.74 Å². The molecule has 1 atom stereocenters. The van der Waals surface area contributed by atoms with Crippen LogP contribution in [0, 0.1) is 5.92 Å². The Hall–Kier alpha value is -0.120. The lowest BCUT2D eigenvalue weighted by atomic mass is 9.76. The van der Waals surface area contributed by atoms with Crippen LogP contribution < -0.4 is 5.32 Å². The first-order chi connectivity index (χ1) is 10.0. The zero-order chi connectivity index (χ0) is 14.9. The molecule has 0 aromatic heterocycles. The highest BCUT2D eigenvalue weighted by atomic mass is 16.5. The minimum absolute atomic E-state index is 0.347. The molecular weight excluding hydrogens is 260 g/mol. The van der Waals surface area contributed by atoms with Crippen LogP contribution >= 0.6 is 0 Å². The number of piperazine rings is 1. The largest absolute Gasteiger partial charge is 0.381 e. The van der Waals surface area contributed by atoms with Crippen molar-refractivity contribution in [1.29, 1.82) is 0 Å². The van der Waals surface area contributed by atoms with Gasteiger partial charge >= 0.3 is 0 Å². The molecule has 0 radical (unpaired) electrons. The molecule has 2 heterocycles. The number of rotatable bonds is 2. The van der Waals surface area contributed by atoms with E-state index in [9.17, 15) is 0 Å². The van der Waals surface area contributed by atoms with Crippen molar-refractivity contribution in [2.24, 2.45) is 5.92 Å². The third-order valence-electron chi connectivity index (χ3n) is 6.40. The van der Waals surface area contributed by atoms with Crippen molar-refractivity contribution in [3.05, 3.63) is 0 Å². The number of ether oxygens (including phenoxy) is 1. The maximum atomic E-state index is 5.65. The zero-order valence-corrected chi connectivity index (χ0v) is 14.3. The molecule has 3 fully saturated rings. The van der Waals surface area contributed by atoms with E-state index in [-0.39, 0.29) is 0 Å². The van der Waals surface area contributed by atoms with Gasteiger partial charge in [-0.05, 0) is 38.5 Å². The highest BCUT2D eigenvalue weighted by Gasteiger charge is 2.47. The quantitative estimate of drug-likeness (QED) is 0.846. The van der Waals surface area contributed by atoms with Crippen LogP contribution in [-0.4, -0.2) is 48.3 Å². The molecule has 1 aliphatic carbocycles. The molecule has 0 aromatic rings. The summed E-state index contributed by atoms with van der Waals surface area (Å²) in [7, 11) is 0. The first kappa shape index (κ1) is 15.8. The molecule has 1 N–H and O–H groups in total. The predicted octanol–water partition coefficient (Wildman–Crippen LogP) is 3.19. The number of hydrogen-bond donors (Lipinski definition) is 1. The summed E-state index contributed by atoms with van der Waals surface area (Å²) in [6.45, 7) is 11.6. The average Bonchev–Trinajstić information content (AvgIpc) is 2.48. The van der Waals surface area contributed by atoms with Gasteiger partial charge in [0.1, 0.15) is 0 Å². The van der Waals surface area contributed by atoms with E-state index in [1.165, 1.54) is 58.0 Å². The fraction of sp³-hybridized carbons (Fsp3) is 1.00. The smallest absolute Gasteiger partial charge is 0.0483 e. The van der Waals surface area contributed by atoms with Crippen molar-refractivity contribution >= 4 is 0 Å². The molecule has 1 saturated carbocycles. The first-order valence-corrected chi connectivity index (χ1v) is 9.14. The summed E-state index contributed by atoms with van der Waals surface area (Å²) in [4.78, 5) is 2.89. The molecule has 2 saturated heterocycles. The Labute approximate surface area is 130 Å². The van der Waals surface area contributed by atoms with Crippen molar-refractivity contribution in [1.82, 2.24) is 10.2 Å². The van der Waals surface area contributed by atoms with E-state index < -0.39 is 0 Å². The van der Waals surface area contributed by atoms with Crippen molar-refractivity contribution in [2.75, 3.05) is 26.3 Å². The molecule has 3 heteroatoms. The van der Waals surface area contributed by atoms with E-state index in [1.54, 1.807) is 0 Å². The van der Waals surface area contributed by atoms with E-state index in [4.69, 9.17) is 4.74 Å². The molecule has 0 amide bonds. The predicted molar refractivity (Wildman–Crippen MR) is 87.6 cm³/mol. The Morgan fingerprint density at radius 3 is 2.33 bits per heavy atom. The maximum Gasteiger partial charge on any atom is 0.0483 e. The monoisotopic (exact) mass is 294 g/mol. The third-order valence-corrected chi connectivity index (χ3v) is 6.40. The van der Waals surface area contributed by atoms with Crippen molar-refractivity contribution in [3.63, 3.8) is 0 Å². The Bertz CT molecular complexity index is 343. The van der Waals surface area contributed by atoms with E-state index in [0.29, 0.717) is 17.1 Å².